The summed E-state index contributed by atoms with van der Waals surface area (Å²) in [5, 5.41) is 12.2. The number of esters is 1. The molecule has 0 aliphatic carbocycles. The number of ether oxygens (including phenoxy) is 1. The zero-order valence-corrected chi connectivity index (χ0v) is 16.2. The van der Waals surface area contributed by atoms with E-state index in [1.165, 1.54) is 12.0 Å². The quantitative estimate of drug-likeness (QED) is 0.705. The maximum absolute atomic E-state index is 12.6. The van der Waals surface area contributed by atoms with Gasteiger partial charge in [0.15, 0.2) is 0 Å². The smallest absolute Gasteiger partial charge is 0.337 e. The summed E-state index contributed by atoms with van der Waals surface area (Å²) in [7, 11) is 1.28. The average Bonchev–Trinajstić information content (AvgIpc) is 3.29. The number of aliphatic hydroxyl groups is 1. The predicted octanol–water partition coefficient (Wildman–Crippen LogP) is 1.67. The SMILES string of the molecule is COC(=O)C1=C(Nc2ccc(-n3ccnc3C(C)C)cc2)C(=O)N(CCO)C1. The molecule has 0 saturated heterocycles. The van der Waals surface area contributed by atoms with Crippen LogP contribution in [0.2, 0.25) is 0 Å². The minimum absolute atomic E-state index is 0.110. The van der Waals surface area contributed by atoms with Crippen LogP contribution in [0.25, 0.3) is 5.69 Å². The Bertz CT molecular complexity index is 899. The molecule has 0 unspecified atom stereocenters. The molecular weight excluding hydrogens is 360 g/mol. The van der Waals surface area contributed by atoms with E-state index in [0.29, 0.717) is 5.69 Å². The van der Waals surface area contributed by atoms with Crippen LogP contribution in [0.4, 0.5) is 5.69 Å². The molecule has 2 aromatic rings. The number of hydrogen-bond donors (Lipinski definition) is 2. The van der Waals surface area contributed by atoms with Crippen molar-refractivity contribution in [2.45, 2.75) is 19.8 Å². The van der Waals surface area contributed by atoms with Gasteiger partial charge in [-0.15, -0.1) is 0 Å². The third-order valence-corrected chi connectivity index (χ3v) is 4.55. The highest BCUT2D eigenvalue weighted by Gasteiger charge is 2.34. The molecule has 1 aromatic heterocycles. The van der Waals surface area contributed by atoms with Crippen LogP contribution in [0.1, 0.15) is 25.6 Å². The number of anilines is 1. The highest BCUT2D eigenvalue weighted by molar-refractivity contribution is 6.08. The molecule has 0 radical (unpaired) electrons. The summed E-state index contributed by atoms with van der Waals surface area (Å²) >= 11 is 0. The van der Waals surface area contributed by atoms with Gasteiger partial charge in [0.2, 0.25) is 0 Å². The lowest BCUT2D eigenvalue weighted by atomic mass is 10.2. The number of β-amino-alcohol motifs (C(OH)–C–C–N with tert-alkyl or cyclic N) is 1. The Labute approximate surface area is 163 Å². The molecule has 2 heterocycles. The lowest BCUT2D eigenvalue weighted by molar-refractivity contribution is -0.136. The molecule has 0 fully saturated rings. The Morgan fingerprint density at radius 2 is 2.04 bits per heavy atom. The standard InChI is InChI=1S/C20H24N4O4/c1-13(2)18-21-8-9-24(18)15-6-4-14(5-7-15)22-17-16(20(27)28-3)12-23(10-11-25)19(17)26/h4-9,13,22,25H,10-12H2,1-3H3. The van der Waals surface area contributed by atoms with Crippen molar-refractivity contribution >= 4 is 17.6 Å². The third-order valence-electron chi connectivity index (χ3n) is 4.55. The van der Waals surface area contributed by atoms with Gasteiger partial charge in [0.05, 0.1) is 25.8 Å². The van der Waals surface area contributed by atoms with Gasteiger partial charge in [-0.1, -0.05) is 13.8 Å². The van der Waals surface area contributed by atoms with E-state index in [9.17, 15) is 9.59 Å². The number of carbonyl (C=O) groups is 2. The summed E-state index contributed by atoms with van der Waals surface area (Å²) < 4.78 is 6.80. The summed E-state index contributed by atoms with van der Waals surface area (Å²) in [6.07, 6.45) is 3.67. The first-order chi connectivity index (χ1) is 13.5. The summed E-state index contributed by atoms with van der Waals surface area (Å²) in [5.74, 6) is 0.347. The van der Waals surface area contributed by atoms with E-state index >= 15 is 0 Å². The lowest BCUT2D eigenvalue weighted by Gasteiger charge is -2.15. The van der Waals surface area contributed by atoms with Crippen LogP contribution in [0.5, 0.6) is 0 Å². The fraction of sp³-hybridized carbons (Fsp3) is 0.350. The molecular formula is C20H24N4O4. The largest absolute Gasteiger partial charge is 0.466 e. The summed E-state index contributed by atoms with van der Waals surface area (Å²) in [5.41, 5.74) is 2.06. The van der Waals surface area contributed by atoms with Crippen molar-refractivity contribution in [1.82, 2.24) is 14.5 Å². The van der Waals surface area contributed by atoms with Crippen LogP contribution in [0, 0.1) is 0 Å². The Hall–Kier alpha value is -3.13. The van der Waals surface area contributed by atoms with Gasteiger partial charge >= 0.3 is 5.97 Å². The fourth-order valence-electron chi connectivity index (χ4n) is 3.16. The maximum Gasteiger partial charge on any atom is 0.337 e. The Balaban J connectivity index is 1.85. The molecule has 1 aliphatic heterocycles. The lowest BCUT2D eigenvalue weighted by Crippen LogP contribution is -2.31. The van der Waals surface area contributed by atoms with Gasteiger partial charge in [0, 0.05) is 36.2 Å². The number of nitrogens with one attached hydrogen (secondary N) is 1. The zero-order valence-electron chi connectivity index (χ0n) is 16.2. The number of amides is 1. The first kappa shape index (κ1) is 19.6. The molecule has 0 saturated carbocycles. The normalized spacial score (nSPS) is 14.2. The highest BCUT2D eigenvalue weighted by Crippen LogP contribution is 2.24. The average molecular weight is 384 g/mol. The van der Waals surface area contributed by atoms with E-state index in [-0.39, 0.29) is 42.8 Å². The van der Waals surface area contributed by atoms with Crippen LogP contribution in [0.15, 0.2) is 47.9 Å². The molecule has 0 spiro atoms. The molecule has 1 amide bonds. The number of carbonyl (C=O) groups excluding carboxylic acids is 2. The van der Waals surface area contributed by atoms with Crippen molar-refractivity contribution in [3.8, 4) is 5.69 Å². The minimum Gasteiger partial charge on any atom is -0.466 e. The first-order valence-electron chi connectivity index (χ1n) is 9.08. The number of nitrogens with zero attached hydrogens (tertiary/aromatic N) is 3. The van der Waals surface area contributed by atoms with Crippen molar-refractivity contribution in [2.24, 2.45) is 0 Å². The van der Waals surface area contributed by atoms with Gasteiger partial charge in [-0.3, -0.25) is 4.79 Å². The minimum atomic E-state index is -0.562. The van der Waals surface area contributed by atoms with E-state index in [4.69, 9.17) is 9.84 Å². The van der Waals surface area contributed by atoms with Crippen molar-refractivity contribution in [3.05, 3.63) is 53.8 Å². The fourth-order valence-corrected chi connectivity index (χ4v) is 3.16. The van der Waals surface area contributed by atoms with E-state index in [1.54, 1.807) is 6.20 Å². The van der Waals surface area contributed by atoms with E-state index in [0.717, 1.165) is 11.5 Å². The number of aliphatic hydroxyl groups excluding tert-OH is 1. The van der Waals surface area contributed by atoms with Crippen LogP contribution in [0.3, 0.4) is 0 Å². The summed E-state index contributed by atoms with van der Waals surface area (Å²) in [6, 6.07) is 7.50. The Morgan fingerprint density at radius 1 is 1.32 bits per heavy atom. The molecule has 148 valence electrons. The van der Waals surface area contributed by atoms with Gasteiger partial charge < -0.3 is 24.6 Å². The second kappa shape index (κ2) is 8.26. The van der Waals surface area contributed by atoms with E-state index in [1.807, 2.05) is 35.0 Å². The van der Waals surface area contributed by atoms with Crippen LogP contribution < -0.4 is 5.32 Å². The predicted molar refractivity (Wildman–Crippen MR) is 104 cm³/mol. The van der Waals surface area contributed by atoms with Crippen molar-refractivity contribution in [1.29, 1.82) is 0 Å². The van der Waals surface area contributed by atoms with Gasteiger partial charge in [-0.05, 0) is 24.3 Å². The van der Waals surface area contributed by atoms with Crippen LogP contribution >= 0.6 is 0 Å². The van der Waals surface area contributed by atoms with Gasteiger partial charge in [-0.2, -0.15) is 0 Å². The van der Waals surface area contributed by atoms with E-state index < -0.39 is 5.97 Å². The van der Waals surface area contributed by atoms with Crippen molar-refractivity contribution in [2.75, 3.05) is 32.1 Å². The molecule has 1 aromatic carbocycles. The second-order valence-electron chi connectivity index (χ2n) is 6.78. The molecule has 0 atom stereocenters. The van der Waals surface area contributed by atoms with E-state index in [2.05, 4.69) is 24.1 Å². The first-order valence-corrected chi connectivity index (χ1v) is 9.08. The van der Waals surface area contributed by atoms with Crippen LogP contribution in [-0.2, 0) is 14.3 Å². The number of rotatable bonds is 7. The number of benzene rings is 1. The molecule has 28 heavy (non-hydrogen) atoms. The summed E-state index contributed by atoms with van der Waals surface area (Å²) in [4.78, 5) is 30.4. The molecule has 8 heteroatoms. The molecule has 3 rings (SSSR count). The van der Waals surface area contributed by atoms with Crippen LogP contribution in [-0.4, -0.2) is 58.2 Å². The summed E-state index contributed by atoms with van der Waals surface area (Å²) in [6.45, 7) is 4.26. The Kier molecular flexibility index (Phi) is 5.79. The van der Waals surface area contributed by atoms with Gasteiger partial charge in [0.25, 0.3) is 5.91 Å². The molecule has 8 nitrogen and oxygen atoms in total. The number of imidazole rings is 1. The second-order valence-corrected chi connectivity index (χ2v) is 6.78. The van der Waals surface area contributed by atoms with Crippen molar-refractivity contribution in [3.63, 3.8) is 0 Å². The topological polar surface area (TPSA) is 96.7 Å². The van der Waals surface area contributed by atoms with Crippen molar-refractivity contribution < 1.29 is 19.4 Å². The monoisotopic (exact) mass is 384 g/mol. The van der Waals surface area contributed by atoms with Gasteiger partial charge in [0.1, 0.15) is 11.5 Å². The number of aromatic nitrogens is 2. The molecule has 0 bridgehead atoms. The molecule has 2 N–H and O–H groups in total. The zero-order chi connectivity index (χ0) is 20.3. The molecule has 1 aliphatic rings. The number of methoxy groups -OCH3 is 1. The van der Waals surface area contributed by atoms with Gasteiger partial charge in [-0.25, -0.2) is 9.78 Å². The highest BCUT2D eigenvalue weighted by atomic mass is 16.5. The Morgan fingerprint density at radius 3 is 2.64 bits per heavy atom. The third kappa shape index (κ3) is 3.77. The maximum atomic E-state index is 12.6. The number of hydrogen-bond acceptors (Lipinski definition) is 6.